The number of hydrogen-bond donors (Lipinski definition) is 0. The van der Waals surface area contributed by atoms with E-state index >= 15 is 0 Å². The Labute approximate surface area is 134 Å². The highest BCUT2D eigenvalue weighted by molar-refractivity contribution is 6.08. The molecule has 0 saturated heterocycles. The van der Waals surface area contributed by atoms with E-state index in [-0.39, 0.29) is 5.78 Å². The molecule has 3 aromatic rings. The second kappa shape index (κ2) is 5.50. The van der Waals surface area contributed by atoms with E-state index in [0.29, 0.717) is 22.8 Å². The summed E-state index contributed by atoms with van der Waals surface area (Å²) in [5.74, 6) is 1.14. The number of hydrogen-bond acceptors (Lipinski definition) is 4. The Hall–Kier alpha value is -2.69. The number of methoxy groups -OCH3 is 1. The fourth-order valence-corrected chi connectivity index (χ4v) is 3.14. The van der Waals surface area contributed by atoms with Gasteiger partial charge in [-0.3, -0.25) is 9.20 Å². The first-order valence-electron chi connectivity index (χ1n) is 7.81. The molecule has 0 fully saturated rings. The third kappa shape index (κ3) is 2.38. The van der Waals surface area contributed by atoms with Gasteiger partial charge in [0.15, 0.2) is 0 Å². The first-order chi connectivity index (χ1) is 11.3. The fraction of sp³-hybridized carbons (Fsp3) is 0.278. The molecule has 0 atom stereocenters. The van der Waals surface area contributed by atoms with E-state index in [2.05, 4.69) is 9.97 Å². The highest BCUT2D eigenvalue weighted by Gasteiger charge is 2.18. The number of imidazole rings is 1. The second-order valence-corrected chi connectivity index (χ2v) is 5.79. The van der Waals surface area contributed by atoms with E-state index in [0.717, 1.165) is 12.8 Å². The summed E-state index contributed by atoms with van der Waals surface area (Å²) in [6, 6.07) is 7.13. The number of benzene rings is 1. The van der Waals surface area contributed by atoms with Crippen molar-refractivity contribution >= 4 is 11.6 Å². The monoisotopic (exact) mass is 307 g/mol. The Morgan fingerprint density at radius 2 is 2.13 bits per heavy atom. The molecule has 4 rings (SSSR count). The molecule has 2 heterocycles. The van der Waals surface area contributed by atoms with Crippen molar-refractivity contribution in [1.82, 2.24) is 14.4 Å². The van der Waals surface area contributed by atoms with Crippen molar-refractivity contribution < 1.29 is 9.53 Å². The molecule has 0 bridgehead atoms. The van der Waals surface area contributed by atoms with Crippen molar-refractivity contribution in [3.05, 3.63) is 59.2 Å². The van der Waals surface area contributed by atoms with Gasteiger partial charge in [-0.15, -0.1) is 0 Å². The maximum atomic E-state index is 12.7. The van der Waals surface area contributed by atoms with E-state index < -0.39 is 0 Å². The maximum Gasteiger partial charge on any atom is 0.234 e. The van der Waals surface area contributed by atoms with Crippen LogP contribution in [0.2, 0.25) is 0 Å². The van der Waals surface area contributed by atoms with Crippen LogP contribution in [0, 0.1) is 0 Å². The standard InChI is InChI=1S/C18H17N3O2/c1-23-14-7-4-6-12(9-14)17(22)15-11-21-16-8-3-2-5-13(16)10-19-18(21)20-15/h4,6-7,9-11H,2-3,5,8H2,1H3. The van der Waals surface area contributed by atoms with Gasteiger partial charge < -0.3 is 4.74 Å². The van der Waals surface area contributed by atoms with Crippen molar-refractivity contribution in [2.24, 2.45) is 0 Å². The van der Waals surface area contributed by atoms with Crippen molar-refractivity contribution in [2.45, 2.75) is 25.7 Å². The zero-order valence-electron chi connectivity index (χ0n) is 13.0. The zero-order chi connectivity index (χ0) is 15.8. The van der Waals surface area contributed by atoms with E-state index in [1.165, 1.54) is 24.1 Å². The van der Waals surface area contributed by atoms with Crippen molar-refractivity contribution in [2.75, 3.05) is 7.11 Å². The van der Waals surface area contributed by atoms with Crippen LogP contribution in [0.3, 0.4) is 0 Å². The highest BCUT2D eigenvalue weighted by Crippen LogP contribution is 2.22. The van der Waals surface area contributed by atoms with Crippen molar-refractivity contribution in [3.8, 4) is 5.75 Å². The largest absolute Gasteiger partial charge is 0.497 e. The summed E-state index contributed by atoms with van der Waals surface area (Å²) in [6.07, 6.45) is 8.14. The van der Waals surface area contributed by atoms with Gasteiger partial charge in [-0.1, -0.05) is 12.1 Å². The van der Waals surface area contributed by atoms with Gasteiger partial charge in [0.25, 0.3) is 0 Å². The van der Waals surface area contributed by atoms with E-state index in [1.807, 2.05) is 28.9 Å². The summed E-state index contributed by atoms with van der Waals surface area (Å²) in [4.78, 5) is 21.5. The number of carbonyl (C=O) groups excluding carboxylic acids is 1. The number of nitrogens with zero attached hydrogens (tertiary/aromatic N) is 3. The van der Waals surface area contributed by atoms with Gasteiger partial charge >= 0.3 is 0 Å². The van der Waals surface area contributed by atoms with E-state index in [4.69, 9.17) is 4.74 Å². The topological polar surface area (TPSA) is 56.5 Å². The van der Waals surface area contributed by atoms with Gasteiger partial charge in [0.2, 0.25) is 11.6 Å². The smallest absolute Gasteiger partial charge is 0.234 e. The molecule has 0 aliphatic heterocycles. The predicted octanol–water partition coefficient (Wildman–Crippen LogP) is 2.85. The van der Waals surface area contributed by atoms with E-state index in [1.54, 1.807) is 19.2 Å². The van der Waals surface area contributed by atoms with Crippen LogP contribution >= 0.6 is 0 Å². The van der Waals surface area contributed by atoms with Crippen LogP contribution < -0.4 is 4.74 Å². The van der Waals surface area contributed by atoms with Gasteiger partial charge in [-0.05, 0) is 43.4 Å². The molecule has 1 aliphatic carbocycles. The van der Waals surface area contributed by atoms with Crippen LogP contribution in [-0.2, 0) is 12.8 Å². The van der Waals surface area contributed by atoms with Crippen LogP contribution in [0.5, 0.6) is 5.75 Å². The molecular weight excluding hydrogens is 290 g/mol. The summed E-state index contributed by atoms with van der Waals surface area (Å²) in [5, 5.41) is 0. The highest BCUT2D eigenvalue weighted by atomic mass is 16.5. The van der Waals surface area contributed by atoms with Crippen molar-refractivity contribution in [3.63, 3.8) is 0 Å². The molecule has 1 aliphatic rings. The molecule has 0 N–H and O–H groups in total. The number of aromatic nitrogens is 3. The molecule has 0 saturated carbocycles. The zero-order valence-corrected chi connectivity index (χ0v) is 13.0. The predicted molar refractivity (Wildman–Crippen MR) is 86.1 cm³/mol. The Morgan fingerprint density at radius 3 is 3.00 bits per heavy atom. The Morgan fingerprint density at radius 1 is 1.26 bits per heavy atom. The SMILES string of the molecule is COc1cccc(C(=O)c2cn3c4c(cnc3n2)CCCC4)c1. The Kier molecular flexibility index (Phi) is 3.33. The van der Waals surface area contributed by atoms with Gasteiger partial charge in [0, 0.05) is 23.7 Å². The molecule has 1 aromatic carbocycles. The summed E-state index contributed by atoms with van der Waals surface area (Å²) < 4.78 is 7.16. The molecule has 0 radical (unpaired) electrons. The van der Waals surface area contributed by atoms with Gasteiger partial charge in [-0.25, -0.2) is 9.97 Å². The molecule has 23 heavy (non-hydrogen) atoms. The average molecular weight is 307 g/mol. The number of fused-ring (bicyclic) bond motifs is 3. The molecule has 0 unspecified atom stereocenters. The summed E-state index contributed by atoms with van der Waals surface area (Å²) in [7, 11) is 1.59. The third-order valence-corrected chi connectivity index (χ3v) is 4.36. The minimum absolute atomic E-state index is 0.112. The van der Waals surface area contributed by atoms with Crippen molar-refractivity contribution in [1.29, 1.82) is 0 Å². The first-order valence-corrected chi connectivity index (χ1v) is 7.81. The van der Waals surface area contributed by atoms with Crippen LogP contribution in [0.1, 0.15) is 40.2 Å². The lowest BCUT2D eigenvalue weighted by Crippen LogP contribution is -2.09. The molecule has 5 heteroatoms. The average Bonchev–Trinajstić information content (AvgIpc) is 3.06. The van der Waals surface area contributed by atoms with E-state index in [9.17, 15) is 4.79 Å². The molecule has 0 amide bonds. The molecule has 116 valence electrons. The van der Waals surface area contributed by atoms with Crippen LogP contribution in [0.25, 0.3) is 5.78 Å². The van der Waals surface area contributed by atoms with Gasteiger partial charge in [0.1, 0.15) is 11.4 Å². The third-order valence-electron chi connectivity index (χ3n) is 4.36. The lowest BCUT2D eigenvalue weighted by molar-refractivity contribution is 0.103. The minimum atomic E-state index is -0.112. The quantitative estimate of drug-likeness (QED) is 0.698. The fourth-order valence-electron chi connectivity index (χ4n) is 3.14. The Balaban J connectivity index is 1.78. The lowest BCUT2D eigenvalue weighted by atomic mass is 9.97. The molecule has 5 nitrogen and oxygen atoms in total. The first kappa shape index (κ1) is 13.9. The van der Waals surface area contributed by atoms with Crippen LogP contribution in [-0.4, -0.2) is 27.3 Å². The number of ketones is 1. The Bertz CT molecular complexity index is 898. The van der Waals surface area contributed by atoms with Crippen LogP contribution in [0.15, 0.2) is 36.7 Å². The second-order valence-electron chi connectivity index (χ2n) is 5.79. The molecule has 0 spiro atoms. The maximum absolute atomic E-state index is 12.7. The molecule has 2 aromatic heterocycles. The number of rotatable bonds is 3. The molecular formula is C18H17N3O2. The van der Waals surface area contributed by atoms with Gasteiger partial charge in [0.05, 0.1) is 7.11 Å². The number of carbonyl (C=O) groups is 1. The summed E-state index contributed by atoms with van der Waals surface area (Å²) in [5.41, 5.74) is 3.49. The van der Waals surface area contributed by atoms with Gasteiger partial charge in [-0.2, -0.15) is 0 Å². The minimum Gasteiger partial charge on any atom is -0.497 e. The number of aryl methyl sites for hydroxylation is 2. The summed E-state index contributed by atoms with van der Waals surface area (Å²) >= 11 is 0. The summed E-state index contributed by atoms with van der Waals surface area (Å²) in [6.45, 7) is 0. The number of ether oxygens (including phenoxy) is 1. The van der Waals surface area contributed by atoms with Crippen LogP contribution in [0.4, 0.5) is 0 Å². The normalized spacial score (nSPS) is 13.8. The lowest BCUT2D eigenvalue weighted by Gasteiger charge is -2.15.